The number of rotatable bonds is 8. The molecule has 7 heteroatoms. The van der Waals surface area contributed by atoms with Crippen LogP contribution in [0.1, 0.15) is 5.56 Å². The van der Waals surface area contributed by atoms with Gasteiger partial charge in [0.15, 0.2) is 0 Å². The highest BCUT2D eigenvalue weighted by atomic mass is 19.4. The van der Waals surface area contributed by atoms with Crippen LogP contribution in [0.25, 0.3) is 0 Å². The van der Waals surface area contributed by atoms with Crippen molar-refractivity contribution in [2.75, 3.05) is 20.3 Å². The summed E-state index contributed by atoms with van der Waals surface area (Å²) in [5, 5.41) is 0. The fourth-order valence-corrected chi connectivity index (χ4v) is 1.48. The van der Waals surface area contributed by atoms with E-state index in [1.54, 1.807) is 0 Å². The standard InChI is InChI=1S/C15H17F3O4/c1-20-14(19)11-22-13(7-8-15(16,17)18)10-21-9-12-5-3-2-4-6-12/h2-8,13H,9-11H2,1H3/b8-7+. The summed E-state index contributed by atoms with van der Waals surface area (Å²) in [6.45, 7) is -0.324. The first kappa shape index (κ1) is 18.2. The molecule has 0 N–H and O–H groups in total. The summed E-state index contributed by atoms with van der Waals surface area (Å²) in [4.78, 5) is 11.0. The highest BCUT2D eigenvalue weighted by molar-refractivity contribution is 5.70. The van der Waals surface area contributed by atoms with Gasteiger partial charge in [0.1, 0.15) is 12.7 Å². The molecule has 0 aliphatic carbocycles. The third kappa shape index (κ3) is 8.43. The third-order valence-electron chi connectivity index (χ3n) is 2.54. The molecule has 0 saturated heterocycles. The molecular weight excluding hydrogens is 301 g/mol. The molecule has 1 aromatic rings. The molecule has 4 nitrogen and oxygen atoms in total. The zero-order valence-corrected chi connectivity index (χ0v) is 12.0. The molecule has 1 unspecified atom stereocenters. The van der Waals surface area contributed by atoms with Gasteiger partial charge >= 0.3 is 12.1 Å². The predicted molar refractivity (Wildman–Crippen MR) is 73.0 cm³/mol. The lowest BCUT2D eigenvalue weighted by Crippen LogP contribution is -2.23. The highest BCUT2D eigenvalue weighted by Crippen LogP contribution is 2.17. The van der Waals surface area contributed by atoms with Crippen LogP contribution in [0, 0.1) is 0 Å². The Morgan fingerprint density at radius 2 is 1.95 bits per heavy atom. The summed E-state index contributed by atoms with van der Waals surface area (Å²) in [7, 11) is 1.16. The molecule has 22 heavy (non-hydrogen) atoms. The Kier molecular flexibility index (Phi) is 7.62. The van der Waals surface area contributed by atoms with Crippen LogP contribution in [0.4, 0.5) is 13.2 Å². The van der Waals surface area contributed by atoms with E-state index in [2.05, 4.69) is 4.74 Å². The number of alkyl halides is 3. The van der Waals surface area contributed by atoms with Crippen LogP contribution in [0.3, 0.4) is 0 Å². The van der Waals surface area contributed by atoms with E-state index in [4.69, 9.17) is 9.47 Å². The van der Waals surface area contributed by atoms with Crippen molar-refractivity contribution < 1.29 is 32.2 Å². The molecule has 1 rings (SSSR count). The minimum absolute atomic E-state index is 0.0564. The number of allylic oxidation sites excluding steroid dienone is 1. The van der Waals surface area contributed by atoms with Gasteiger partial charge < -0.3 is 14.2 Å². The number of esters is 1. The summed E-state index contributed by atoms with van der Waals surface area (Å²) in [5.74, 6) is -0.673. The quantitative estimate of drug-likeness (QED) is 0.546. The Balaban J connectivity index is 2.49. The number of carbonyl (C=O) groups excluding carboxylic acids is 1. The normalized spacial score (nSPS) is 13.3. The number of carbonyl (C=O) groups is 1. The maximum Gasteiger partial charge on any atom is 0.409 e. The second-order valence-electron chi connectivity index (χ2n) is 4.33. The second kappa shape index (κ2) is 9.22. The van der Waals surface area contributed by atoms with E-state index >= 15 is 0 Å². The Labute approximate surface area is 126 Å². The number of hydrogen-bond acceptors (Lipinski definition) is 4. The van der Waals surface area contributed by atoms with Crippen molar-refractivity contribution in [1.29, 1.82) is 0 Å². The minimum Gasteiger partial charge on any atom is -0.467 e. The Bertz CT molecular complexity index is 471. The number of hydrogen-bond donors (Lipinski definition) is 0. The fourth-order valence-electron chi connectivity index (χ4n) is 1.48. The average molecular weight is 318 g/mol. The maximum atomic E-state index is 12.2. The summed E-state index contributed by atoms with van der Waals surface area (Å²) in [6, 6.07) is 9.16. The first-order valence-electron chi connectivity index (χ1n) is 6.47. The zero-order chi connectivity index (χ0) is 16.4. The average Bonchev–Trinajstić information content (AvgIpc) is 2.49. The lowest BCUT2D eigenvalue weighted by Gasteiger charge is -2.14. The molecular formula is C15H17F3O4. The van der Waals surface area contributed by atoms with E-state index in [1.165, 1.54) is 0 Å². The van der Waals surface area contributed by atoms with Crippen LogP contribution in [-0.2, 0) is 25.6 Å². The van der Waals surface area contributed by atoms with Crippen LogP contribution < -0.4 is 0 Å². The molecule has 122 valence electrons. The number of halogens is 3. The summed E-state index contributed by atoms with van der Waals surface area (Å²) < 4.78 is 51.3. The minimum atomic E-state index is -4.45. The van der Waals surface area contributed by atoms with Crippen molar-refractivity contribution in [3.05, 3.63) is 48.0 Å². The summed E-state index contributed by atoms with van der Waals surface area (Å²) in [6.07, 6.45) is -4.58. The highest BCUT2D eigenvalue weighted by Gasteiger charge is 2.23. The van der Waals surface area contributed by atoms with Crippen molar-refractivity contribution >= 4 is 5.97 Å². The van der Waals surface area contributed by atoms with Crippen LogP contribution in [-0.4, -0.2) is 38.6 Å². The van der Waals surface area contributed by atoms with Gasteiger partial charge in [0.2, 0.25) is 0 Å². The van der Waals surface area contributed by atoms with E-state index in [0.29, 0.717) is 0 Å². The van der Waals surface area contributed by atoms with E-state index in [0.717, 1.165) is 18.7 Å². The fraction of sp³-hybridized carbons (Fsp3) is 0.400. The van der Waals surface area contributed by atoms with Crippen LogP contribution in [0.5, 0.6) is 0 Å². The SMILES string of the molecule is COC(=O)COC(/C=C/C(F)(F)F)COCc1ccccc1. The zero-order valence-electron chi connectivity index (χ0n) is 12.0. The smallest absolute Gasteiger partial charge is 0.409 e. The van der Waals surface area contributed by atoms with Gasteiger partial charge in [0, 0.05) is 6.08 Å². The second-order valence-corrected chi connectivity index (χ2v) is 4.33. The number of ether oxygens (including phenoxy) is 3. The van der Waals surface area contributed by atoms with Gasteiger partial charge in [-0.2, -0.15) is 13.2 Å². The van der Waals surface area contributed by atoms with E-state index in [-0.39, 0.29) is 19.3 Å². The molecule has 0 fully saturated rings. The molecule has 0 aromatic heterocycles. The molecule has 0 bridgehead atoms. The first-order valence-corrected chi connectivity index (χ1v) is 6.47. The van der Waals surface area contributed by atoms with Gasteiger partial charge in [-0.15, -0.1) is 0 Å². The van der Waals surface area contributed by atoms with Crippen LogP contribution in [0.2, 0.25) is 0 Å². The molecule has 1 atom stereocenters. The van der Waals surface area contributed by atoms with Crippen LogP contribution in [0.15, 0.2) is 42.5 Å². The first-order chi connectivity index (χ1) is 10.4. The van der Waals surface area contributed by atoms with E-state index < -0.39 is 24.9 Å². The Hall–Kier alpha value is -1.86. The van der Waals surface area contributed by atoms with Crippen molar-refractivity contribution in [2.24, 2.45) is 0 Å². The molecule has 0 heterocycles. The van der Waals surface area contributed by atoms with Crippen LogP contribution >= 0.6 is 0 Å². The molecule has 0 radical (unpaired) electrons. The molecule has 0 spiro atoms. The van der Waals surface area contributed by atoms with Gasteiger partial charge in [-0.3, -0.25) is 0 Å². The lowest BCUT2D eigenvalue weighted by atomic mass is 10.2. The predicted octanol–water partition coefficient (Wildman–Crippen LogP) is 2.88. The molecule has 1 aromatic carbocycles. The molecule has 0 aliphatic rings. The number of methoxy groups -OCH3 is 1. The van der Waals surface area contributed by atoms with Gasteiger partial charge in [0.25, 0.3) is 0 Å². The summed E-state index contributed by atoms with van der Waals surface area (Å²) in [5.41, 5.74) is 0.883. The van der Waals surface area contributed by atoms with Gasteiger partial charge in [-0.25, -0.2) is 4.79 Å². The third-order valence-corrected chi connectivity index (χ3v) is 2.54. The largest absolute Gasteiger partial charge is 0.467 e. The van der Waals surface area contributed by atoms with E-state index in [1.807, 2.05) is 30.3 Å². The van der Waals surface area contributed by atoms with Crippen molar-refractivity contribution in [3.8, 4) is 0 Å². The monoisotopic (exact) mass is 318 g/mol. The Morgan fingerprint density at radius 3 is 2.55 bits per heavy atom. The van der Waals surface area contributed by atoms with Crippen molar-refractivity contribution in [1.82, 2.24) is 0 Å². The molecule has 0 amide bonds. The van der Waals surface area contributed by atoms with E-state index in [9.17, 15) is 18.0 Å². The topological polar surface area (TPSA) is 44.8 Å². The maximum absolute atomic E-state index is 12.2. The molecule has 0 aliphatic heterocycles. The van der Waals surface area contributed by atoms with Gasteiger partial charge in [0.05, 0.1) is 20.3 Å². The number of benzene rings is 1. The molecule has 0 saturated carbocycles. The Morgan fingerprint density at radius 1 is 1.27 bits per heavy atom. The van der Waals surface area contributed by atoms with Crippen molar-refractivity contribution in [3.63, 3.8) is 0 Å². The summed E-state index contributed by atoms with van der Waals surface area (Å²) >= 11 is 0. The lowest BCUT2D eigenvalue weighted by molar-refractivity contribution is -0.148. The van der Waals surface area contributed by atoms with Crippen molar-refractivity contribution in [2.45, 2.75) is 18.9 Å². The van der Waals surface area contributed by atoms with Gasteiger partial charge in [-0.1, -0.05) is 30.3 Å². The van der Waals surface area contributed by atoms with Gasteiger partial charge in [-0.05, 0) is 11.6 Å².